The smallest absolute Gasteiger partial charge is 0.0667 e. The van der Waals surface area contributed by atoms with E-state index in [0.29, 0.717) is 18.2 Å². The standard InChI is InChI=1S/C12H26N2O/c1-9-8-14(4)10(2)6-12(9)13-7-11(3)15-5/h9-13H,6-8H2,1-5H3. The van der Waals surface area contributed by atoms with E-state index in [1.54, 1.807) is 7.11 Å². The summed E-state index contributed by atoms with van der Waals surface area (Å²) in [5, 5.41) is 3.62. The van der Waals surface area contributed by atoms with Crippen molar-refractivity contribution < 1.29 is 4.74 Å². The van der Waals surface area contributed by atoms with E-state index < -0.39 is 0 Å². The predicted molar refractivity (Wildman–Crippen MR) is 64.1 cm³/mol. The molecule has 0 aromatic carbocycles. The van der Waals surface area contributed by atoms with Crippen molar-refractivity contribution in [2.24, 2.45) is 5.92 Å². The van der Waals surface area contributed by atoms with Crippen molar-refractivity contribution in [2.75, 3.05) is 27.2 Å². The Morgan fingerprint density at radius 2 is 2.13 bits per heavy atom. The Labute approximate surface area is 94.2 Å². The van der Waals surface area contributed by atoms with E-state index in [2.05, 4.69) is 38.0 Å². The number of rotatable bonds is 4. The van der Waals surface area contributed by atoms with Crippen molar-refractivity contribution in [3.63, 3.8) is 0 Å². The van der Waals surface area contributed by atoms with Crippen LogP contribution in [-0.2, 0) is 4.74 Å². The van der Waals surface area contributed by atoms with Crippen LogP contribution in [0, 0.1) is 5.92 Å². The molecule has 0 aliphatic carbocycles. The number of nitrogens with zero attached hydrogens (tertiary/aromatic N) is 1. The lowest BCUT2D eigenvalue weighted by molar-refractivity contribution is 0.0889. The van der Waals surface area contributed by atoms with Gasteiger partial charge in [-0.05, 0) is 33.2 Å². The van der Waals surface area contributed by atoms with E-state index in [1.807, 2.05) is 0 Å². The van der Waals surface area contributed by atoms with E-state index in [-0.39, 0.29) is 0 Å². The molecule has 1 aliphatic rings. The van der Waals surface area contributed by atoms with Crippen LogP contribution in [0.4, 0.5) is 0 Å². The van der Waals surface area contributed by atoms with Crippen LogP contribution in [0.1, 0.15) is 27.2 Å². The van der Waals surface area contributed by atoms with Crippen molar-refractivity contribution in [1.29, 1.82) is 0 Å². The highest BCUT2D eigenvalue weighted by Crippen LogP contribution is 2.20. The summed E-state index contributed by atoms with van der Waals surface area (Å²) in [7, 11) is 3.99. The van der Waals surface area contributed by atoms with Gasteiger partial charge in [-0.2, -0.15) is 0 Å². The molecule has 1 N–H and O–H groups in total. The average Bonchev–Trinajstić information content (AvgIpc) is 2.21. The molecule has 0 bridgehead atoms. The third-order valence-electron chi connectivity index (χ3n) is 3.68. The summed E-state index contributed by atoms with van der Waals surface area (Å²) in [5.41, 5.74) is 0. The summed E-state index contributed by atoms with van der Waals surface area (Å²) in [4.78, 5) is 2.45. The molecule has 1 aliphatic heterocycles. The van der Waals surface area contributed by atoms with Gasteiger partial charge in [-0.15, -0.1) is 0 Å². The van der Waals surface area contributed by atoms with Gasteiger partial charge in [0.15, 0.2) is 0 Å². The second-order valence-corrected chi connectivity index (χ2v) is 5.06. The van der Waals surface area contributed by atoms with Crippen LogP contribution in [0.3, 0.4) is 0 Å². The second-order valence-electron chi connectivity index (χ2n) is 5.06. The van der Waals surface area contributed by atoms with Crippen molar-refractivity contribution in [1.82, 2.24) is 10.2 Å². The molecule has 1 saturated heterocycles. The number of piperidine rings is 1. The third-order valence-corrected chi connectivity index (χ3v) is 3.68. The highest BCUT2D eigenvalue weighted by atomic mass is 16.5. The topological polar surface area (TPSA) is 24.5 Å². The molecule has 1 fully saturated rings. The van der Waals surface area contributed by atoms with Crippen molar-refractivity contribution in [3.05, 3.63) is 0 Å². The molecule has 15 heavy (non-hydrogen) atoms. The maximum absolute atomic E-state index is 5.25. The molecule has 3 heteroatoms. The predicted octanol–water partition coefficient (Wildman–Crippen LogP) is 1.34. The minimum atomic E-state index is 0.312. The van der Waals surface area contributed by atoms with E-state index in [4.69, 9.17) is 4.74 Å². The SMILES string of the molecule is COC(C)CNC1CC(C)N(C)CC1C. The van der Waals surface area contributed by atoms with Gasteiger partial charge in [0.25, 0.3) is 0 Å². The van der Waals surface area contributed by atoms with Gasteiger partial charge >= 0.3 is 0 Å². The number of nitrogens with one attached hydrogen (secondary N) is 1. The van der Waals surface area contributed by atoms with Gasteiger partial charge in [-0.1, -0.05) is 6.92 Å². The lowest BCUT2D eigenvalue weighted by atomic mass is 9.90. The minimum absolute atomic E-state index is 0.312. The molecule has 1 rings (SSSR count). The van der Waals surface area contributed by atoms with Crippen molar-refractivity contribution >= 4 is 0 Å². The Morgan fingerprint density at radius 3 is 2.73 bits per heavy atom. The first-order chi connectivity index (χ1) is 7.04. The molecule has 90 valence electrons. The highest BCUT2D eigenvalue weighted by molar-refractivity contribution is 4.86. The molecular formula is C12H26N2O. The summed E-state index contributed by atoms with van der Waals surface area (Å²) in [6, 6.07) is 1.34. The number of methoxy groups -OCH3 is 1. The zero-order valence-corrected chi connectivity index (χ0v) is 10.8. The monoisotopic (exact) mass is 214 g/mol. The summed E-state index contributed by atoms with van der Waals surface area (Å²) >= 11 is 0. The van der Waals surface area contributed by atoms with E-state index in [9.17, 15) is 0 Å². The Bertz CT molecular complexity index is 186. The molecule has 3 nitrogen and oxygen atoms in total. The van der Waals surface area contributed by atoms with Gasteiger partial charge < -0.3 is 15.0 Å². The summed E-state index contributed by atoms with van der Waals surface area (Å²) in [5.74, 6) is 0.732. The van der Waals surface area contributed by atoms with Crippen LogP contribution < -0.4 is 5.32 Å². The van der Waals surface area contributed by atoms with Gasteiger partial charge in [0.2, 0.25) is 0 Å². The number of likely N-dealkylation sites (tertiary alicyclic amines) is 1. The Hall–Kier alpha value is -0.120. The van der Waals surface area contributed by atoms with Crippen LogP contribution in [0.15, 0.2) is 0 Å². The van der Waals surface area contributed by atoms with Crippen LogP contribution in [0.25, 0.3) is 0 Å². The molecular weight excluding hydrogens is 188 g/mol. The van der Waals surface area contributed by atoms with Crippen LogP contribution in [0.5, 0.6) is 0 Å². The molecule has 0 aromatic heterocycles. The van der Waals surface area contributed by atoms with Gasteiger partial charge in [0, 0.05) is 32.3 Å². The third kappa shape index (κ3) is 3.74. The number of hydrogen-bond donors (Lipinski definition) is 1. The molecule has 0 spiro atoms. The van der Waals surface area contributed by atoms with Gasteiger partial charge in [0.05, 0.1) is 6.10 Å². The molecule has 0 saturated carbocycles. The van der Waals surface area contributed by atoms with Crippen LogP contribution in [0.2, 0.25) is 0 Å². The number of hydrogen-bond acceptors (Lipinski definition) is 3. The zero-order chi connectivity index (χ0) is 11.4. The van der Waals surface area contributed by atoms with Gasteiger partial charge in [-0.3, -0.25) is 0 Å². The zero-order valence-electron chi connectivity index (χ0n) is 10.8. The largest absolute Gasteiger partial charge is 0.380 e. The summed E-state index contributed by atoms with van der Waals surface area (Å²) in [6.07, 6.45) is 1.56. The van der Waals surface area contributed by atoms with Crippen LogP contribution in [-0.4, -0.2) is 50.3 Å². The Balaban J connectivity index is 2.34. The fourth-order valence-corrected chi connectivity index (χ4v) is 2.23. The average molecular weight is 214 g/mol. The van der Waals surface area contributed by atoms with Gasteiger partial charge in [0.1, 0.15) is 0 Å². The molecule has 0 amide bonds. The van der Waals surface area contributed by atoms with Crippen LogP contribution >= 0.6 is 0 Å². The molecule has 0 aromatic rings. The normalized spacial score (nSPS) is 35.4. The first-order valence-electron chi connectivity index (χ1n) is 6.01. The summed E-state index contributed by atoms with van der Waals surface area (Å²) in [6.45, 7) is 8.90. The lowest BCUT2D eigenvalue weighted by Crippen LogP contribution is -2.52. The van der Waals surface area contributed by atoms with E-state index in [0.717, 1.165) is 12.5 Å². The first-order valence-corrected chi connectivity index (χ1v) is 6.01. The maximum atomic E-state index is 5.25. The maximum Gasteiger partial charge on any atom is 0.0667 e. The number of ether oxygens (including phenoxy) is 1. The van der Waals surface area contributed by atoms with Crippen molar-refractivity contribution in [3.8, 4) is 0 Å². The van der Waals surface area contributed by atoms with E-state index in [1.165, 1.54) is 13.0 Å². The molecule has 4 atom stereocenters. The fourth-order valence-electron chi connectivity index (χ4n) is 2.23. The van der Waals surface area contributed by atoms with E-state index >= 15 is 0 Å². The molecule has 0 radical (unpaired) electrons. The molecule has 1 heterocycles. The minimum Gasteiger partial charge on any atom is -0.380 e. The Kier molecular flexibility index (Phi) is 5.03. The van der Waals surface area contributed by atoms with Gasteiger partial charge in [-0.25, -0.2) is 0 Å². The van der Waals surface area contributed by atoms with Crippen molar-refractivity contribution in [2.45, 2.75) is 45.4 Å². The second kappa shape index (κ2) is 5.83. The quantitative estimate of drug-likeness (QED) is 0.764. The highest BCUT2D eigenvalue weighted by Gasteiger charge is 2.28. The lowest BCUT2D eigenvalue weighted by Gasteiger charge is -2.40. The Morgan fingerprint density at radius 1 is 1.47 bits per heavy atom. The first kappa shape index (κ1) is 12.9. The fraction of sp³-hybridized carbons (Fsp3) is 1.00. The summed E-state index contributed by atoms with van der Waals surface area (Å²) < 4.78 is 5.25. The molecule has 4 unspecified atom stereocenters.